The van der Waals surface area contributed by atoms with Crippen molar-refractivity contribution in [2.75, 3.05) is 26.8 Å². The van der Waals surface area contributed by atoms with E-state index in [1.165, 1.54) is 0 Å². The number of nitrogens with one attached hydrogen (secondary N) is 2. The van der Waals surface area contributed by atoms with Crippen LogP contribution in [0.2, 0.25) is 0 Å². The summed E-state index contributed by atoms with van der Waals surface area (Å²) in [5.74, 6) is 0.00566. The lowest BCUT2D eigenvalue weighted by molar-refractivity contribution is -0.122. The van der Waals surface area contributed by atoms with Gasteiger partial charge in [-0.25, -0.2) is 0 Å². The topological polar surface area (TPSA) is 50.4 Å². The third kappa shape index (κ3) is 6.62. The van der Waals surface area contributed by atoms with Crippen LogP contribution < -0.4 is 10.6 Å². The summed E-state index contributed by atoms with van der Waals surface area (Å²) in [5.41, 5.74) is 0. The lowest BCUT2D eigenvalue weighted by Crippen LogP contribution is -2.43. The van der Waals surface area contributed by atoms with Crippen molar-refractivity contribution in [1.29, 1.82) is 0 Å². The van der Waals surface area contributed by atoms with Crippen molar-refractivity contribution in [3.63, 3.8) is 0 Å². The summed E-state index contributed by atoms with van der Waals surface area (Å²) in [5, 5.41) is 5.84. The van der Waals surface area contributed by atoms with Gasteiger partial charge in [0.15, 0.2) is 0 Å². The Morgan fingerprint density at radius 3 is 2.86 bits per heavy atom. The van der Waals surface area contributed by atoms with E-state index in [1.807, 2.05) is 13.0 Å². The molecule has 0 fully saturated rings. The summed E-state index contributed by atoms with van der Waals surface area (Å²) in [7, 11) is 1.61. The Morgan fingerprint density at radius 1 is 1.57 bits per heavy atom. The monoisotopic (exact) mass is 200 g/mol. The normalized spacial score (nSPS) is 12.1. The molecule has 0 aromatic rings. The highest BCUT2D eigenvalue weighted by atomic mass is 16.5. The molecule has 0 heterocycles. The Morgan fingerprint density at radius 2 is 2.29 bits per heavy atom. The van der Waals surface area contributed by atoms with Gasteiger partial charge in [0.05, 0.1) is 12.6 Å². The van der Waals surface area contributed by atoms with Gasteiger partial charge < -0.3 is 15.4 Å². The molecule has 0 radical (unpaired) electrons. The standard InChI is InChI=1S/C10H20N2O2/c1-4-5-6-11-9(2)10(13)12-7-8-14-3/h4,9,11H,1,5-8H2,2-3H3,(H,12,13). The molecular weight excluding hydrogens is 180 g/mol. The first-order valence-electron chi connectivity index (χ1n) is 4.83. The second-order valence-corrected chi connectivity index (χ2v) is 3.04. The third-order valence-electron chi connectivity index (χ3n) is 1.80. The van der Waals surface area contributed by atoms with E-state index < -0.39 is 0 Å². The Kier molecular flexibility index (Phi) is 8.17. The predicted molar refractivity (Wildman–Crippen MR) is 57.2 cm³/mol. The van der Waals surface area contributed by atoms with Crippen molar-refractivity contribution in [1.82, 2.24) is 10.6 Å². The van der Waals surface area contributed by atoms with Crippen molar-refractivity contribution in [3.05, 3.63) is 12.7 Å². The van der Waals surface area contributed by atoms with Gasteiger partial charge in [-0.3, -0.25) is 4.79 Å². The number of carbonyl (C=O) groups is 1. The average molecular weight is 200 g/mol. The zero-order valence-electron chi connectivity index (χ0n) is 9.01. The predicted octanol–water partition coefficient (Wildman–Crippen LogP) is 0.303. The Labute approximate surface area is 85.7 Å². The molecule has 4 heteroatoms. The van der Waals surface area contributed by atoms with E-state index in [0.29, 0.717) is 13.2 Å². The highest BCUT2D eigenvalue weighted by molar-refractivity contribution is 5.81. The van der Waals surface area contributed by atoms with Crippen molar-refractivity contribution in [2.24, 2.45) is 0 Å². The van der Waals surface area contributed by atoms with E-state index in [4.69, 9.17) is 4.74 Å². The minimum absolute atomic E-state index is 0.00566. The number of carbonyl (C=O) groups excluding carboxylic acids is 1. The zero-order chi connectivity index (χ0) is 10.8. The molecule has 0 saturated heterocycles. The fourth-order valence-electron chi connectivity index (χ4n) is 0.924. The molecule has 14 heavy (non-hydrogen) atoms. The number of hydrogen-bond donors (Lipinski definition) is 2. The summed E-state index contributed by atoms with van der Waals surface area (Å²) in [6.07, 6.45) is 2.69. The Hall–Kier alpha value is -0.870. The van der Waals surface area contributed by atoms with Crippen LogP contribution in [0.1, 0.15) is 13.3 Å². The van der Waals surface area contributed by atoms with Crippen LogP contribution in [0.5, 0.6) is 0 Å². The first-order valence-corrected chi connectivity index (χ1v) is 4.83. The second-order valence-electron chi connectivity index (χ2n) is 3.04. The van der Waals surface area contributed by atoms with Crippen molar-refractivity contribution < 1.29 is 9.53 Å². The molecule has 4 nitrogen and oxygen atoms in total. The number of amides is 1. The maximum absolute atomic E-state index is 11.4. The van der Waals surface area contributed by atoms with E-state index >= 15 is 0 Å². The second kappa shape index (κ2) is 8.72. The van der Waals surface area contributed by atoms with Crippen LogP contribution in [-0.2, 0) is 9.53 Å². The van der Waals surface area contributed by atoms with Crippen LogP contribution in [0.4, 0.5) is 0 Å². The molecule has 1 amide bonds. The summed E-state index contributed by atoms with van der Waals surface area (Å²) in [6.45, 7) is 7.33. The summed E-state index contributed by atoms with van der Waals surface area (Å²) >= 11 is 0. The molecule has 0 rings (SSSR count). The van der Waals surface area contributed by atoms with Gasteiger partial charge in [0.2, 0.25) is 5.91 Å². The quantitative estimate of drug-likeness (QED) is 0.438. The fourth-order valence-corrected chi connectivity index (χ4v) is 0.924. The van der Waals surface area contributed by atoms with E-state index in [1.54, 1.807) is 7.11 Å². The van der Waals surface area contributed by atoms with Crippen molar-refractivity contribution in [3.8, 4) is 0 Å². The number of rotatable bonds is 8. The molecular formula is C10H20N2O2. The molecule has 0 saturated carbocycles. The van der Waals surface area contributed by atoms with Gasteiger partial charge in [-0.2, -0.15) is 0 Å². The molecule has 2 N–H and O–H groups in total. The molecule has 1 unspecified atom stereocenters. The SMILES string of the molecule is C=CCCNC(C)C(=O)NCCOC. The molecule has 0 aliphatic heterocycles. The summed E-state index contributed by atoms with van der Waals surface area (Å²) in [6, 6.07) is -0.160. The maximum atomic E-state index is 11.4. The van der Waals surface area contributed by atoms with Crippen LogP contribution >= 0.6 is 0 Å². The van der Waals surface area contributed by atoms with E-state index in [-0.39, 0.29) is 11.9 Å². The minimum Gasteiger partial charge on any atom is -0.383 e. The maximum Gasteiger partial charge on any atom is 0.236 e. The molecule has 0 aliphatic rings. The lowest BCUT2D eigenvalue weighted by Gasteiger charge is -2.12. The van der Waals surface area contributed by atoms with E-state index in [2.05, 4.69) is 17.2 Å². The van der Waals surface area contributed by atoms with Gasteiger partial charge in [0.1, 0.15) is 0 Å². The van der Waals surface area contributed by atoms with Crippen LogP contribution in [0, 0.1) is 0 Å². The van der Waals surface area contributed by atoms with Crippen LogP contribution in [0.15, 0.2) is 12.7 Å². The summed E-state index contributed by atoms with van der Waals surface area (Å²) < 4.78 is 4.82. The molecule has 0 aromatic heterocycles. The van der Waals surface area contributed by atoms with Gasteiger partial charge >= 0.3 is 0 Å². The highest BCUT2D eigenvalue weighted by Crippen LogP contribution is 1.84. The van der Waals surface area contributed by atoms with E-state index in [0.717, 1.165) is 13.0 Å². The minimum atomic E-state index is -0.160. The summed E-state index contributed by atoms with van der Waals surface area (Å²) in [4.78, 5) is 11.4. The van der Waals surface area contributed by atoms with Gasteiger partial charge in [-0.05, 0) is 19.9 Å². The number of methoxy groups -OCH3 is 1. The molecule has 0 aromatic carbocycles. The number of ether oxygens (including phenoxy) is 1. The highest BCUT2D eigenvalue weighted by Gasteiger charge is 2.09. The molecule has 0 spiro atoms. The third-order valence-corrected chi connectivity index (χ3v) is 1.80. The molecule has 0 aliphatic carbocycles. The first-order chi connectivity index (χ1) is 6.72. The van der Waals surface area contributed by atoms with E-state index in [9.17, 15) is 4.79 Å². The Bertz CT molecular complexity index is 172. The number of hydrogen-bond acceptors (Lipinski definition) is 3. The largest absolute Gasteiger partial charge is 0.383 e. The molecule has 1 atom stereocenters. The van der Waals surface area contributed by atoms with Crippen molar-refractivity contribution in [2.45, 2.75) is 19.4 Å². The first kappa shape index (κ1) is 13.1. The average Bonchev–Trinajstić information content (AvgIpc) is 2.18. The lowest BCUT2D eigenvalue weighted by atomic mass is 10.3. The van der Waals surface area contributed by atoms with Crippen LogP contribution in [0.25, 0.3) is 0 Å². The zero-order valence-corrected chi connectivity index (χ0v) is 9.01. The molecule has 0 bridgehead atoms. The van der Waals surface area contributed by atoms with Crippen LogP contribution in [-0.4, -0.2) is 38.8 Å². The fraction of sp³-hybridized carbons (Fsp3) is 0.700. The van der Waals surface area contributed by atoms with Gasteiger partial charge in [0.25, 0.3) is 0 Å². The van der Waals surface area contributed by atoms with Crippen LogP contribution in [0.3, 0.4) is 0 Å². The Balaban J connectivity index is 3.49. The smallest absolute Gasteiger partial charge is 0.236 e. The van der Waals surface area contributed by atoms with Gasteiger partial charge in [-0.15, -0.1) is 6.58 Å². The molecule has 82 valence electrons. The van der Waals surface area contributed by atoms with Crippen molar-refractivity contribution >= 4 is 5.91 Å². The van der Waals surface area contributed by atoms with Gasteiger partial charge in [0, 0.05) is 13.7 Å². The van der Waals surface area contributed by atoms with Gasteiger partial charge in [-0.1, -0.05) is 6.08 Å².